The molecule has 0 saturated carbocycles. The summed E-state index contributed by atoms with van der Waals surface area (Å²) in [5.74, 6) is 0.111. The summed E-state index contributed by atoms with van der Waals surface area (Å²) < 4.78 is 7.86. The van der Waals surface area contributed by atoms with Gasteiger partial charge in [0, 0.05) is 20.0 Å². The largest absolute Gasteiger partial charge is 0.448 e. The van der Waals surface area contributed by atoms with Crippen molar-refractivity contribution in [2.75, 3.05) is 0 Å². The fourth-order valence-corrected chi connectivity index (χ4v) is 2.48. The summed E-state index contributed by atoms with van der Waals surface area (Å²) in [5.41, 5.74) is 0.768. The molecule has 1 aromatic carbocycles. The Morgan fingerprint density at radius 3 is 2.45 bits per heavy atom. The van der Waals surface area contributed by atoms with Crippen LogP contribution in [0.2, 0.25) is 0 Å². The number of aromatic nitrogens is 2. The molecule has 5 nitrogen and oxygen atoms in total. The summed E-state index contributed by atoms with van der Waals surface area (Å²) >= 11 is 0. The zero-order chi connectivity index (χ0) is 14.3. The van der Waals surface area contributed by atoms with E-state index in [2.05, 4.69) is 0 Å². The molecule has 0 N–H and O–H groups in total. The average molecular weight is 270 g/mol. The van der Waals surface area contributed by atoms with Crippen LogP contribution in [0.4, 0.5) is 0 Å². The van der Waals surface area contributed by atoms with E-state index in [4.69, 9.17) is 4.74 Å². The smallest absolute Gasteiger partial charge is 0.333 e. The summed E-state index contributed by atoms with van der Waals surface area (Å²) in [6.07, 6.45) is 3.35. The van der Waals surface area contributed by atoms with Gasteiger partial charge in [-0.05, 0) is 11.6 Å². The van der Waals surface area contributed by atoms with Gasteiger partial charge in [-0.3, -0.25) is 13.9 Å². The van der Waals surface area contributed by atoms with Gasteiger partial charge in [-0.15, -0.1) is 0 Å². The molecule has 0 bridgehead atoms. The van der Waals surface area contributed by atoms with Crippen LogP contribution in [0.15, 0.2) is 52.3 Å². The van der Waals surface area contributed by atoms with Crippen molar-refractivity contribution in [1.82, 2.24) is 9.13 Å². The van der Waals surface area contributed by atoms with Crippen molar-refractivity contribution in [2.45, 2.75) is 5.92 Å². The van der Waals surface area contributed by atoms with Crippen molar-refractivity contribution < 1.29 is 4.74 Å². The lowest BCUT2D eigenvalue weighted by molar-refractivity contribution is 0.399. The van der Waals surface area contributed by atoms with E-state index in [9.17, 15) is 9.59 Å². The van der Waals surface area contributed by atoms with Crippen molar-refractivity contribution in [3.05, 3.63) is 74.6 Å². The second kappa shape index (κ2) is 4.52. The van der Waals surface area contributed by atoms with Gasteiger partial charge in [-0.1, -0.05) is 30.3 Å². The van der Waals surface area contributed by atoms with Crippen LogP contribution in [0.3, 0.4) is 0 Å². The molecule has 1 atom stereocenters. The van der Waals surface area contributed by atoms with Crippen LogP contribution in [0.25, 0.3) is 0 Å². The Balaban J connectivity index is 2.32. The Kier molecular flexibility index (Phi) is 2.82. The SMILES string of the molecule is Cn1c2c(c(=O)n(C)c1=O)C(c1ccccc1)C=CO2. The van der Waals surface area contributed by atoms with Crippen molar-refractivity contribution in [3.8, 4) is 5.88 Å². The highest BCUT2D eigenvalue weighted by molar-refractivity contribution is 5.43. The predicted octanol–water partition coefficient (Wildman–Crippen LogP) is 1.12. The first-order chi connectivity index (χ1) is 9.61. The molecule has 2 heterocycles. The number of hydrogen-bond acceptors (Lipinski definition) is 3. The van der Waals surface area contributed by atoms with Gasteiger partial charge in [0.15, 0.2) is 0 Å². The van der Waals surface area contributed by atoms with Gasteiger partial charge < -0.3 is 4.74 Å². The van der Waals surface area contributed by atoms with Gasteiger partial charge in [0.2, 0.25) is 5.88 Å². The zero-order valence-corrected chi connectivity index (χ0v) is 11.2. The van der Waals surface area contributed by atoms with Crippen molar-refractivity contribution >= 4 is 0 Å². The maximum Gasteiger partial charge on any atom is 0.333 e. The molecule has 1 aliphatic rings. The number of rotatable bonds is 1. The molecule has 102 valence electrons. The van der Waals surface area contributed by atoms with Gasteiger partial charge in [0.05, 0.1) is 11.8 Å². The van der Waals surface area contributed by atoms with Crippen LogP contribution < -0.4 is 16.0 Å². The Morgan fingerprint density at radius 2 is 1.75 bits per heavy atom. The van der Waals surface area contributed by atoms with E-state index in [0.29, 0.717) is 11.4 Å². The molecule has 0 amide bonds. The summed E-state index contributed by atoms with van der Waals surface area (Å²) in [4.78, 5) is 24.3. The van der Waals surface area contributed by atoms with Crippen LogP contribution in [0, 0.1) is 0 Å². The third-order valence-corrected chi connectivity index (χ3v) is 3.56. The molecule has 1 aromatic heterocycles. The minimum absolute atomic E-state index is 0.203. The lowest BCUT2D eigenvalue weighted by Crippen LogP contribution is -2.40. The molecule has 0 fully saturated rings. The van der Waals surface area contributed by atoms with Crippen LogP contribution in [0.1, 0.15) is 17.0 Å². The number of ether oxygens (including phenoxy) is 1. The molecular formula is C15H14N2O3. The highest BCUT2D eigenvalue weighted by Crippen LogP contribution is 2.32. The van der Waals surface area contributed by atoms with Gasteiger partial charge in [0.25, 0.3) is 5.56 Å². The Morgan fingerprint density at radius 1 is 1.05 bits per heavy atom. The Hall–Kier alpha value is -2.56. The topological polar surface area (TPSA) is 53.2 Å². The minimum Gasteiger partial charge on any atom is -0.448 e. The fourth-order valence-electron chi connectivity index (χ4n) is 2.48. The molecule has 3 rings (SSSR count). The van der Waals surface area contributed by atoms with Crippen LogP contribution in [-0.4, -0.2) is 9.13 Å². The molecule has 0 saturated heterocycles. The molecule has 0 radical (unpaired) electrons. The van der Waals surface area contributed by atoms with Crippen molar-refractivity contribution in [2.24, 2.45) is 14.1 Å². The number of fused-ring (bicyclic) bond motifs is 1. The first-order valence-electron chi connectivity index (χ1n) is 6.29. The maximum atomic E-state index is 12.4. The first kappa shape index (κ1) is 12.5. The quantitative estimate of drug-likeness (QED) is 0.780. The summed E-state index contributed by atoms with van der Waals surface area (Å²) in [7, 11) is 3.08. The Labute approximate surface area is 115 Å². The highest BCUT2D eigenvalue weighted by Gasteiger charge is 2.27. The standard InChI is InChI=1S/C15H14N2O3/c1-16-13(18)12-11(10-6-4-3-5-7-10)8-9-20-14(12)17(2)15(16)19/h3-9,11H,1-2H3. The van der Waals surface area contributed by atoms with Crippen molar-refractivity contribution in [3.63, 3.8) is 0 Å². The number of benzene rings is 1. The molecule has 0 spiro atoms. The minimum atomic E-state index is -0.393. The van der Waals surface area contributed by atoms with Gasteiger partial charge in [-0.25, -0.2) is 4.79 Å². The normalized spacial score (nSPS) is 16.6. The fraction of sp³-hybridized carbons (Fsp3) is 0.200. The third kappa shape index (κ3) is 1.71. The van der Waals surface area contributed by atoms with E-state index in [1.54, 1.807) is 7.05 Å². The summed E-state index contributed by atoms with van der Waals surface area (Å²) in [5, 5.41) is 0. The monoisotopic (exact) mass is 270 g/mol. The van der Waals surface area contributed by atoms with Crippen LogP contribution in [0.5, 0.6) is 5.88 Å². The molecule has 5 heteroatoms. The molecular weight excluding hydrogens is 256 g/mol. The zero-order valence-electron chi connectivity index (χ0n) is 11.2. The van der Waals surface area contributed by atoms with Gasteiger partial charge in [0.1, 0.15) is 0 Å². The van der Waals surface area contributed by atoms with E-state index in [1.165, 1.54) is 17.9 Å². The Bertz CT molecular complexity index is 800. The first-order valence-corrected chi connectivity index (χ1v) is 6.29. The summed E-state index contributed by atoms with van der Waals surface area (Å²) in [6, 6.07) is 9.67. The van der Waals surface area contributed by atoms with Gasteiger partial charge in [-0.2, -0.15) is 0 Å². The van der Waals surface area contributed by atoms with Crippen LogP contribution >= 0.6 is 0 Å². The number of hydrogen-bond donors (Lipinski definition) is 0. The highest BCUT2D eigenvalue weighted by atomic mass is 16.5. The molecule has 20 heavy (non-hydrogen) atoms. The van der Waals surface area contributed by atoms with Crippen molar-refractivity contribution in [1.29, 1.82) is 0 Å². The average Bonchev–Trinajstić information content (AvgIpc) is 2.51. The predicted molar refractivity (Wildman–Crippen MR) is 75.0 cm³/mol. The second-order valence-corrected chi connectivity index (χ2v) is 4.76. The lowest BCUT2D eigenvalue weighted by atomic mass is 9.91. The van der Waals surface area contributed by atoms with Gasteiger partial charge >= 0.3 is 5.69 Å². The molecule has 1 aliphatic heterocycles. The summed E-state index contributed by atoms with van der Waals surface area (Å²) in [6.45, 7) is 0. The third-order valence-electron chi connectivity index (χ3n) is 3.56. The maximum absolute atomic E-state index is 12.4. The molecule has 0 aliphatic carbocycles. The van der Waals surface area contributed by atoms with E-state index in [1.807, 2.05) is 36.4 Å². The van der Waals surface area contributed by atoms with E-state index >= 15 is 0 Å². The van der Waals surface area contributed by atoms with E-state index < -0.39 is 5.69 Å². The second-order valence-electron chi connectivity index (χ2n) is 4.76. The molecule has 1 unspecified atom stereocenters. The number of nitrogens with zero attached hydrogens (tertiary/aromatic N) is 2. The van der Waals surface area contributed by atoms with E-state index in [0.717, 1.165) is 10.1 Å². The van der Waals surface area contributed by atoms with Crippen LogP contribution in [-0.2, 0) is 14.1 Å². The number of allylic oxidation sites excluding steroid dienone is 1. The van der Waals surface area contributed by atoms with E-state index in [-0.39, 0.29) is 11.5 Å². The lowest BCUT2D eigenvalue weighted by Gasteiger charge is -2.22. The molecule has 2 aromatic rings.